The van der Waals surface area contributed by atoms with E-state index in [-0.39, 0.29) is 23.6 Å². The smallest absolute Gasteiger partial charge is 0.318 e. The molecule has 43 heavy (non-hydrogen) atoms. The van der Waals surface area contributed by atoms with Crippen LogP contribution in [0.25, 0.3) is 10.9 Å². The number of nitrogens with one attached hydrogen (secondary N) is 3. The van der Waals surface area contributed by atoms with Crippen LogP contribution in [0, 0.1) is 5.92 Å². The number of aromatic nitrogens is 1. The van der Waals surface area contributed by atoms with E-state index in [0.29, 0.717) is 44.0 Å². The molecule has 1 aliphatic carbocycles. The normalized spacial score (nSPS) is 17.0. The van der Waals surface area contributed by atoms with Gasteiger partial charge < -0.3 is 30.3 Å². The van der Waals surface area contributed by atoms with E-state index < -0.39 is 17.9 Å². The molecule has 2 fully saturated rings. The first-order valence-electron chi connectivity index (χ1n) is 15.1. The van der Waals surface area contributed by atoms with Crippen molar-refractivity contribution in [1.29, 1.82) is 0 Å². The number of piperazine rings is 1. The molecule has 3 N–H and O–H groups in total. The zero-order chi connectivity index (χ0) is 30.7. The second-order valence-electron chi connectivity index (χ2n) is 12.1. The monoisotopic (exact) mass is 586 g/mol. The van der Waals surface area contributed by atoms with Crippen molar-refractivity contribution in [3.8, 4) is 0 Å². The Morgan fingerprint density at radius 3 is 2.35 bits per heavy atom. The Morgan fingerprint density at radius 1 is 1.00 bits per heavy atom. The summed E-state index contributed by atoms with van der Waals surface area (Å²) in [6.07, 6.45) is 4.88. The first-order chi connectivity index (χ1) is 20.6. The van der Waals surface area contributed by atoms with Crippen molar-refractivity contribution in [1.82, 2.24) is 25.0 Å². The van der Waals surface area contributed by atoms with Gasteiger partial charge in [0.25, 0.3) is 0 Å². The minimum atomic E-state index is -0.932. The lowest BCUT2D eigenvalue weighted by atomic mass is 9.84. The summed E-state index contributed by atoms with van der Waals surface area (Å²) in [6, 6.07) is 12.0. The van der Waals surface area contributed by atoms with Gasteiger partial charge in [-0.25, -0.2) is 4.79 Å². The highest BCUT2D eigenvalue weighted by atomic mass is 16.2. The van der Waals surface area contributed by atoms with Gasteiger partial charge in [0.05, 0.1) is 5.69 Å². The Labute approximate surface area is 252 Å². The zero-order valence-electron chi connectivity index (χ0n) is 25.5. The average Bonchev–Trinajstić information content (AvgIpc) is 3.38. The first kappa shape index (κ1) is 30.3. The number of benzene rings is 2. The number of H-pyrrole nitrogens is 1. The van der Waals surface area contributed by atoms with Crippen LogP contribution in [0.15, 0.2) is 48.7 Å². The van der Waals surface area contributed by atoms with Crippen molar-refractivity contribution in [2.24, 2.45) is 5.92 Å². The number of hydrogen-bond acceptors (Lipinski definition) is 5. The molecule has 10 heteroatoms. The minimum Gasteiger partial charge on any atom is -0.361 e. The van der Waals surface area contributed by atoms with E-state index in [4.69, 9.17) is 0 Å². The predicted molar refractivity (Wildman–Crippen MR) is 167 cm³/mol. The van der Waals surface area contributed by atoms with Crippen molar-refractivity contribution in [3.63, 3.8) is 0 Å². The van der Waals surface area contributed by atoms with Gasteiger partial charge >= 0.3 is 6.03 Å². The van der Waals surface area contributed by atoms with Crippen molar-refractivity contribution in [3.05, 3.63) is 65.4 Å². The Kier molecular flexibility index (Phi) is 9.15. The number of anilines is 1. The summed E-state index contributed by atoms with van der Waals surface area (Å²) in [4.78, 5) is 61.6. The highest BCUT2D eigenvalue weighted by molar-refractivity contribution is 6.06. The molecular formula is C33H42N6O4. The second-order valence-corrected chi connectivity index (χ2v) is 12.1. The molecule has 0 radical (unpaired) electrons. The maximum absolute atomic E-state index is 14.0. The Bertz CT molecular complexity index is 1500. The first-order valence-corrected chi connectivity index (χ1v) is 15.1. The van der Waals surface area contributed by atoms with E-state index in [1.54, 1.807) is 11.0 Å². The maximum Gasteiger partial charge on any atom is 0.318 e. The number of nitrogens with zero attached hydrogens (tertiary/aromatic N) is 3. The van der Waals surface area contributed by atoms with Crippen LogP contribution in [-0.4, -0.2) is 89.6 Å². The molecule has 1 aliphatic heterocycles. The molecule has 2 heterocycles. The number of para-hydroxylation sites is 1. The van der Waals surface area contributed by atoms with Crippen LogP contribution >= 0.6 is 0 Å². The van der Waals surface area contributed by atoms with Gasteiger partial charge in [-0.1, -0.05) is 37.6 Å². The molecule has 10 nitrogen and oxygen atoms in total. The SMILES string of the molecule is CC(=O)c1ccc(CN(C)C)cc1NC(=O)[C@H](NC(=O)N1CCN(C(=O)C2CCC2)CC1)[C@@H](C)c1c[nH]c2ccccc12. The highest BCUT2D eigenvalue weighted by Crippen LogP contribution is 2.30. The summed E-state index contributed by atoms with van der Waals surface area (Å²) in [7, 11) is 3.91. The third kappa shape index (κ3) is 6.74. The van der Waals surface area contributed by atoms with E-state index in [1.165, 1.54) is 6.92 Å². The summed E-state index contributed by atoms with van der Waals surface area (Å²) in [5.41, 5.74) is 3.63. The van der Waals surface area contributed by atoms with Crippen molar-refractivity contribution < 1.29 is 19.2 Å². The molecule has 0 spiro atoms. The zero-order valence-corrected chi connectivity index (χ0v) is 25.5. The molecular weight excluding hydrogens is 544 g/mol. The summed E-state index contributed by atoms with van der Waals surface area (Å²) < 4.78 is 0. The largest absolute Gasteiger partial charge is 0.361 e. The number of fused-ring (bicyclic) bond motifs is 1. The van der Waals surface area contributed by atoms with E-state index >= 15 is 0 Å². The van der Waals surface area contributed by atoms with Gasteiger partial charge in [0.1, 0.15) is 6.04 Å². The number of Topliss-reactive ketones (excluding diaryl/α,β-unsaturated/α-hetero) is 1. The molecule has 228 valence electrons. The number of carbonyl (C=O) groups excluding carboxylic acids is 4. The van der Waals surface area contributed by atoms with Crippen LogP contribution in [0.2, 0.25) is 0 Å². The third-order valence-electron chi connectivity index (χ3n) is 8.73. The minimum absolute atomic E-state index is 0.126. The Hall–Kier alpha value is -4.18. The summed E-state index contributed by atoms with van der Waals surface area (Å²) >= 11 is 0. The molecule has 0 bridgehead atoms. The fraction of sp³-hybridized carbons (Fsp3) is 0.455. The van der Waals surface area contributed by atoms with Crippen LogP contribution in [0.4, 0.5) is 10.5 Å². The predicted octanol–water partition coefficient (Wildman–Crippen LogP) is 4.20. The van der Waals surface area contributed by atoms with Gasteiger partial charge in [-0.3, -0.25) is 14.4 Å². The Morgan fingerprint density at radius 2 is 1.70 bits per heavy atom. The number of rotatable bonds is 9. The average molecular weight is 587 g/mol. The fourth-order valence-corrected chi connectivity index (χ4v) is 6.01. The maximum atomic E-state index is 14.0. The van der Waals surface area contributed by atoms with Gasteiger partial charge in [0.15, 0.2) is 5.78 Å². The summed E-state index contributed by atoms with van der Waals surface area (Å²) in [6.45, 7) is 5.81. The van der Waals surface area contributed by atoms with E-state index in [2.05, 4.69) is 15.6 Å². The molecule has 1 saturated heterocycles. The lowest BCUT2D eigenvalue weighted by Crippen LogP contribution is -2.57. The molecule has 4 amide bonds. The van der Waals surface area contributed by atoms with Crippen molar-refractivity contribution >= 4 is 40.2 Å². The number of aromatic amines is 1. The highest BCUT2D eigenvalue weighted by Gasteiger charge is 2.35. The molecule has 0 unspecified atom stereocenters. The van der Waals surface area contributed by atoms with Crippen LogP contribution < -0.4 is 10.6 Å². The number of amides is 4. The van der Waals surface area contributed by atoms with E-state index in [9.17, 15) is 19.2 Å². The number of hydrogen-bond donors (Lipinski definition) is 3. The molecule has 3 aromatic rings. The van der Waals surface area contributed by atoms with E-state index in [1.807, 2.05) is 73.4 Å². The van der Waals surface area contributed by atoms with Gasteiger partial charge in [0, 0.05) is 67.2 Å². The lowest BCUT2D eigenvalue weighted by molar-refractivity contribution is -0.139. The summed E-state index contributed by atoms with van der Waals surface area (Å²) in [5.74, 6) is -0.649. The molecule has 1 saturated carbocycles. The Balaban J connectivity index is 1.38. The number of ketones is 1. The van der Waals surface area contributed by atoms with Crippen LogP contribution in [0.5, 0.6) is 0 Å². The second kappa shape index (κ2) is 13.0. The fourth-order valence-electron chi connectivity index (χ4n) is 6.01. The topological polar surface area (TPSA) is 118 Å². The van der Waals surface area contributed by atoms with Gasteiger partial charge in [-0.2, -0.15) is 0 Å². The van der Waals surface area contributed by atoms with Crippen molar-refractivity contribution in [2.75, 3.05) is 45.6 Å². The van der Waals surface area contributed by atoms with Gasteiger partial charge in [0.2, 0.25) is 11.8 Å². The van der Waals surface area contributed by atoms with Crippen LogP contribution in [-0.2, 0) is 16.1 Å². The number of carbonyl (C=O) groups is 4. The van der Waals surface area contributed by atoms with Gasteiger partial charge in [-0.05, 0) is 63.2 Å². The molecule has 1 aromatic heterocycles. The molecule has 2 aliphatic rings. The molecule has 2 atom stereocenters. The third-order valence-corrected chi connectivity index (χ3v) is 8.73. The van der Waals surface area contributed by atoms with E-state index in [0.717, 1.165) is 41.3 Å². The van der Waals surface area contributed by atoms with Crippen molar-refractivity contribution in [2.45, 2.75) is 51.6 Å². The lowest BCUT2D eigenvalue weighted by Gasteiger charge is -2.38. The quantitative estimate of drug-likeness (QED) is 0.325. The van der Waals surface area contributed by atoms with Crippen LogP contribution in [0.1, 0.15) is 60.5 Å². The number of urea groups is 1. The standard InChI is InChI=1S/C33H42N6O4/c1-21(27-19-34-28-11-6-5-10-26(27)28)30(31(41)35-29-18-23(20-37(3)4)12-13-25(29)22(2)40)36-33(43)39-16-14-38(15-17-39)32(42)24-8-7-9-24/h5-6,10-13,18-19,21,24,30,34H,7-9,14-17,20H2,1-4H3,(H,35,41)(H,36,43)/t21-,30+/m0/s1. The summed E-state index contributed by atoms with van der Waals surface area (Å²) in [5, 5.41) is 6.96. The van der Waals surface area contributed by atoms with Crippen LogP contribution in [0.3, 0.4) is 0 Å². The van der Waals surface area contributed by atoms with Gasteiger partial charge in [-0.15, -0.1) is 0 Å². The molecule has 5 rings (SSSR count). The molecule has 2 aromatic carbocycles.